The largest absolute Gasteiger partial charge is 0.394 e. The molecule has 0 unspecified atom stereocenters. The van der Waals surface area contributed by atoms with E-state index in [-0.39, 0.29) is 0 Å². The molecule has 23 heavy (non-hydrogen) atoms. The molecule has 0 amide bonds. The summed E-state index contributed by atoms with van der Waals surface area (Å²) in [5, 5.41) is 76.5. The van der Waals surface area contributed by atoms with E-state index in [9.17, 15) is 35.7 Å². The first-order valence-electron chi connectivity index (χ1n) is 7.08. The van der Waals surface area contributed by atoms with E-state index >= 15 is 0 Å². The lowest BCUT2D eigenvalue weighted by atomic mass is 9.97. The van der Waals surface area contributed by atoms with Crippen molar-refractivity contribution in [3.8, 4) is 0 Å². The van der Waals surface area contributed by atoms with Gasteiger partial charge in [0.25, 0.3) is 0 Å². The Labute approximate surface area is 130 Å². The van der Waals surface area contributed by atoms with Crippen molar-refractivity contribution in [2.24, 2.45) is 0 Å². The fraction of sp³-hybridized carbons (Fsp3) is 1.00. The predicted octanol–water partition coefficient (Wildman–Crippen LogP) is -5.40. The third-order valence-electron chi connectivity index (χ3n) is 3.98. The average Bonchev–Trinajstić information content (AvgIpc) is 2.55. The van der Waals surface area contributed by atoms with Crippen LogP contribution in [-0.2, 0) is 14.2 Å². The van der Waals surface area contributed by atoms with Gasteiger partial charge in [0.2, 0.25) is 0 Å². The molecule has 8 N–H and O–H groups in total. The molecule has 11 heteroatoms. The Balaban J connectivity index is 2.11. The first-order valence-corrected chi connectivity index (χ1v) is 7.08. The van der Waals surface area contributed by atoms with Gasteiger partial charge >= 0.3 is 0 Å². The van der Waals surface area contributed by atoms with E-state index in [0.717, 1.165) is 0 Å². The monoisotopic (exact) mass is 342 g/mol. The maximum absolute atomic E-state index is 9.94. The van der Waals surface area contributed by atoms with Crippen molar-refractivity contribution in [3.63, 3.8) is 0 Å². The second kappa shape index (κ2) is 7.63. The molecule has 2 fully saturated rings. The number of hydrogen-bond donors (Lipinski definition) is 8. The lowest BCUT2D eigenvalue weighted by molar-refractivity contribution is -0.355. The molecule has 0 aromatic rings. The zero-order valence-electron chi connectivity index (χ0n) is 12.0. The maximum atomic E-state index is 9.94. The SMILES string of the molecule is OC[C@@H]1O[C@@H](O[C@H]2[C@@H](O)[C@@H](O)[C@@H](O)O[C@H]2CO)[C@H](O)[C@@H](O)[C@@H]1O. The van der Waals surface area contributed by atoms with Gasteiger partial charge in [-0.15, -0.1) is 0 Å². The Morgan fingerprint density at radius 3 is 1.83 bits per heavy atom. The van der Waals surface area contributed by atoms with E-state index in [1.165, 1.54) is 0 Å². The first kappa shape index (κ1) is 18.9. The quantitative estimate of drug-likeness (QED) is 0.243. The second-order valence-electron chi connectivity index (χ2n) is 5.53. The molecule has 2 aliphatic heterocycles. The third kappa shape index (κ3) is 3.65. The minimum absolute atomic E-state index is 0.667. The van der Waals surface area contributed by atoms with Crippen LogP contribution < -0.4 is 0 Å². The molecule has 0 radical (unpaired) electrons. The van der Waals surface area contributed by atoms with Gasteiger partial charge in [0.1, 0.15) is 48.8 Å². The van der Waals surface area contributed by atoms with Crippen LogP contribution in [0.15, 0.2) is 0 Å². The molecule has 2 aliphatic rings. The number of ether oxygens (including phenoxy) is 3. The van der Waals surface area contributed by atoms with E-state index in [1.54, 1.807) is 0 Å². The normalized spacial score (nSPS) is 51.7. The van der Waals surface area contributed by atoms with E-state index in [1.807, 2.05) is 0 Å². The summed E-state index contributed by atoms with van der Waals surface area (Å²) in [6.45, 7) is -1.35. The molecule has 2 rings (SSSR count). The molecule has 0 spiro atoms. The molecule has 11 nitrogen and oxygen atoms in total. The highest BCUT2D eigenvalue weighted by atomic mass is 16.7. The van der Waals surface area contributed by atoms with Crippen LogP contribution in [-0.4, -0.2) is 115 Å². The summed E-state index contributed by atoms with van der Waals surface area (Å²) in [7, 11) is 0. The van der Waals surface area contributed by atoms with Gasteiger partial charge in [-0.25, -0.2) is 0 Å². The van der Waals surface area contributed by atoms with Crippen LogP contribution in [0.25, 0.3) is 0 Å². The number of hydrogen-bond acceptors (Lipinski definition) is 11. The number of aliphatic hydroxyl groups excluding tert-OH is 8. The Bertz CT molecular complexity index is 378. The van der Waals surface area contributed by atoms with Crippen molar-refractivity contribution < 1.29 is 55.1 Å². The molecule has 136 valence electrons. The van der Waals surface area contributed by atoms with Gasteiger partial charge in [-0.2, -0.15) is 0 Å². The van der Waals surface area contributed by atoms with E-state index in [4.69, 9.17) is 19.3 Å². The summed E-state index contributed by atoms with van der Waals surface area (Å²) in [6.07, 6.45) is -15.6. The van der Waals surface area contributed by atoms with Crippen molar-refractivity contribution in [3.05, 3.63) is 0 Å². The molecular weight excluding hydrogens is 320 g/mol. The molecule has 10 atom stereocenters. The van der Waals surface area contributed by atoms with Gasteiger partial charge in [-0.3, -0.25) is 0 Å². The lowest BCUT2D eigenvalue weighted by Gasteiger charge is -2.45. The summed E-state index contributed by atoms with van der Waals surface area (Å²) in [5.74, 6) is 0. The minimum atomic E-state index is -1.74. The number of aliphatic hydroxyl groups is 8. The van der Waals surface area contributed by atoms with Crippen molar-refractivity contribution >= 4 is 0 Å². The summed E-state index contributed by atoms with van der Waals surface area (Å²) >= 11 is 0. The van der Waals surface area contributed by atoms with E-state index in [0.29, 0.717) is 0 Å². The van der Waals surface area contributed by atoms with Crippen molar-refractivity contribution in [1.29, 1.82) is 0 Å². The molecule has 2 heterocycles. The number of rotatable bonds is 4. The van der Waals surface area contributed by atoms with Crippen LogP contribution in [0, 0.1) is 0 Å². The molecule has 0 aliphatic carbocycles. The highest BCUT2D eigenvalue weighted by Crippen LogP contribution is 2.28. The van der Waals surface area contributed by atoms with Gasteiger partial charge in [-0.1, -0.05) is 0 Å². The van der Waals surface area contributed by atoms with Crippen LogP contribution in [0.5, 0.6) is 0 Å². The Morgan fingerprint density at radius 2 is 1.26 bits per heavy atom. The van der Waals surface area contributed by atoms with E-state index < -0.39 is 74.6 Å². The summed E-state index contributed by atoms with van der Waals surface area (Å²) in [5.41, 5.74) is 0. The standard InChI is InChI=1S/C12H22O11/c13-1-3-5(15)6(16)9(19)12(22-3)23-10-4(2-14)21-11(20)8(18)7(10)17/h3-20H,1-2H2/t3-,4-,5+,6-,7-,8+,9+,10+,11-,12-/m0/s1. The fourth-order valence-electron chi connectivity index (χ4n) is 2.57. The highest BCUT2D eigenvalue weighted by molar-refractivity contribution is 4.93. The van der Waals surface area contributed by atoms with Gasteiger partial charge in [-0.05, 0) is 0 Å². The maximum Gasteiger partial charge on any atom is 0.187 e. The van der Waals surface area contributed by atoms with Gasteiger partial charge in [0.05, 0.1) is 13.2 Å². The van der Waals surface area contributed by atoms with Gasteiger partial charge in [0.15, 0.2) is 12.6 Å². The molecule has 2 saturated heterocycles. The zero-order chi connectivity index (χ0) is 17.3. The summed E-state index contributed by atoms with van der Waals surface area (Å²) in [6, 6.07) is 0. The van der Waals surface area contributed by atoms with Crippen LogP contribution >= 0.6 is 0 Å². The third-order valence-corrected chi connectivity index (χ3v) is 3.98. The van der Waals surface area contributed by atoms with Crippen LogP contribution in [0.1, 0.15) is 0 Å². The highest BCUT2D eigenvalue weighted by Gasteiger charge is 2.50. The molecule has 0 saturated carbocycles. The topological polar surface area (TPSA) is 190 Å². The minimum Gasteiger partial charge on any atom is -0.394 e. The molecule has 0 aromatic carbocycles. The molecular formula is C12H22O11. The summed E-state index contributed by atoms with van der Waals surface area (Å²) < 4.78 is 15.3. The Hall–Kier alpha value is -0.440. The predicted molar refractivity (Wildman–Crippen MR) is 68.6 cm³/mol. The first-order chi connectivity index (χ1) is 10.8. The fourth-order valence-corrected chi connectivity index (χ4v) is 2.57. The smallest absolute Gasteiger partial charge is 0.187 e. The van der Waals surface area contributed by atoms with Gasteiger partial charge in [0, 0.05) is 0 Å². The Morgan fingerprint density at radius 1 is 0.652 bits per heavy atom. The molecule has 0 bridgehead atoms. The van der Waals surface area contributed by atoms with Crippen molar-refractivity contribution in [1.82, 2.24) is 0 Å². The average molecular weight is 342 g/mol. The second-order valence-corrected chi connectivity index (χ2v) is 5.53. The molecule has 0 aromatic heterocycles. The van der Waals surface area contributed by atoms with Crippen molar-refractivity contribution in [2.45, 2.75) is 61.4 Å². The van der Waals surface area contributed by atoms with Gasteiger partial charge < -0.3 is 55.1 Å². The zero-order valence-corrected chi connectivity index (χ0v) is 12.0. The summed E-state index contributed by atoms with van der Waals surface area (Å²) in [4.78, 5) is 0. The van der Waals surface area contributed by atoms with E-state index in [2.05, 4.69) is 0 Å². The van der Waals surface area contributed by atoms with Crippen LogP contribution in [0.2, 0.25) is 0 Å². The lowest BCUT2D eigenvalue weighted by Crippen LogP contribution is -2.64. The Kier molecular flexibility index (Phi) is 6.27. The van der Waals surface area contributed by atoms with Crippen LogP contribution in [0.4, 0.5) is 0 Å². The van der Waals surface area contributed by atoms with Crippen molar-refractivity contribution in [2.75, 3.05) is 13.2 Å². The van der Waals surface area contributed by atoms with Crippen LogP contribution in [0.3, 0.4) is 0 Å².